The summed E-state index contributed by atoms with van der Waals surface area (Å²) in [6, 6.07) is 1.85. The third kappa shape index (κ3) is 3.33. The molecule has 0 amide bonds. The first-order chi connectivity index (χ1) is 8.91. The van der Waals surface area contributed by atoms with E-state index in [-0.39, 0.29) is 5.92 Å². The minimum Gasteiger partial charge on any atom is -0.390 e. The Labute approximate surface area is 114 Å². The molecule has 1 aromatic rings. The van der Waals surface area contributed by atoms with Gasteiger partial charge in [0.15, 0.2) is 0 Å². The molecule has 2 heterocycles. The highest BCUT2D eigenvalue weighted by molar-refractivity contribution is 5.49. The van der Waals surface area contributed by atoms with Crippen molar-refractivity contribution in [1.82, 2.24) is 9.97 Å². The lowest BCUT2D eigenvalue weighted by molar-refractivity contribution is 0.0350. The molecule has 0 aromatic carbocycles. The van der Waals surface area contributed by atoms with Gasteiger partial charge in [0.05, 0.1) is 5.60 Å². The lowest BCUT2D eigenvalue weighted by Gasteiger charge is -2.36. The monoisotopic (exact) mass is 265 g/mol. The molecule has 0 radical (unpaired) electrons. The fourth-order valence-electron chi connectivity index (χ4n) is 2.16. The number of hydrazine groups is 1. The molecule has 0 bridgehead atoms. The Morgan fingerprint density at radius 1 is 1.37 bits per heavy atom. The number of hydrogen-bond acceptors (Lipinski definition) is 6. The van der Waals surface area contributed by atoms with Gasteiger partial charge in [0.2, 0.25) is 0 Å². The van der Waals surface area contributed by atoms with Crippen LogP contribution in [0.1, 0.15) is 45.4 Å². The van der Waals surface area contributed by atoms with E-state index < -0.39 is 5.60 Å². The van der Waals surface area contributed by atoms with Gasteiger partial charge in [-0.15, -0.1) is 0 Å². The number of nitrogens with zero attached hydrogens (tertiary/aromatic N) is 3. The van der Waals surface area contributed by atoms with E-state index in [1.165, 1.54) is 0 Å². The summed E-state index contributed by atoms with van der Waals surface area (Å²) in [5.41, 5.74) is 2.03. The van der Waals surface area contributed by atoms with E-state index in [1.807, 2.05) is 13.0 Å². The number of anilines is 2. The average Bonchev–Trinajstić information content (AvgIpc) is 2.38. The van der Waals surface area contributed by atoms with E-state index in [2.05, 4.69) is 34.1 Å². The second-order valence-electron chi connectivity index (χ2n) is 5.75. The van der Waals surface area contributed by atoms with Crippen LogP contribution in [0.2, 0.25) is 0 Å². The van der Waals surface area contributed by atoms with Crippen molar-refractivity contribution in [2.75, 3.05) is 23.4 Å². The lowest BCUT2D eigenvalue weighted by Crippen LogP contribution is -2.43. The van der Waals surface area contributed by atoms with E-state index in [0.717, 1.165) is 37.6 Å². The van der Waals surface area contributed by atoms with Crippen molar-refractivity contribution in [3.05, 3.63) is 11.9 Å². The Morgan fingerprint density at radius 3 is 2.53 bits per heavy atom. The van der Waals surface area contributed by atoms with Gasteiger partial charge in [0.1, 0.15) is 17.5 Å². The zero-order chi connectivity index (χ0) is 14.0. The summed E-state index contributed by atoms with van der Waals surface area (Å²) in [7, 11) is 0. The van der Waals surface area contributed by atoms with Crippen LogP contribution < -0.4 is 16.2 Å². The molecule has 0 spiro atoms. The van der Waals surface area contributed by atoms with Crippen LogP contribution in [-0.2, 0) is 0 Å². The molecule has 2 rings (SSSR count). The zero-order valence-corrected chi connectivity index (χ0v) is 11.8. The average molecular weight is 265 g/mol. The number of nitrogens with one attached hydrogen (secondary N) is 1. The predicted octanol–water partition coefficient (Wildman–Crippen LogP) is 1.24. The summed E-state index contributed by atoms with van der Waals surface area (Å²) in [4.78, 5) is 11.1. The molecule has 1 aliphatic rings. The predicted molar refractivity (Wildman–Crippen MR) is 76.0 cm³/mol. The molecule has 1 fully saturated rings. The molecule has 106 valence electrons. The molecule has 1 aliphatic heterocycles. The second-order valence-corrected chi connectivity index (χ2v) is 5.75. The summed E-state index contributed by atoms with van der Waals surface area (Å²) in [6.07, 6.45) is 1.50. The minimum absolute atomic E-state index is 0.250. The van der Waals surface area contributed by atoms with Gasteiger partial charge < -0.3 is 15.4 Å². The van der Waals surface area contributed by atoms with Crippen LogP contribution in [0.15, 0.2) is 6.07 Å². The highest BCUT2D eigenvalue weighted by Crippen LogP contribution is 2.26. The van der Waals surface area contributed by atoms with E-state index >= 15 is 0 Å². The van der Waals surface area contributed by atoms with E-state index in [4.69, 9.17) is 5.84 Å². The van der Waals surface area contributed by atoms with Crippen LogP contribution >= 0.6 is 0 Å². The summed E-state index contributed by atoms with van der Waals surface area (Å²) >= 11 is 0. The first kappa shape index (κ1) is 14.0. The Balaban J connectivity index is 2.22. The Kier molecular flexibility index (Phi) is 3.91. The van der Waals surface area contributed by atoms with Gasteiger partial charge in [0.25, 0.3) is 0 Å². The molecule has 1 aromatic heterocycles. The smallest absolute Gasteiger partial charge is 0.145 e. The molecule has 0 unspecified atom stereocenters. The van der Waals surface area contributed by atoms with Crippen LogP contribution in [0.25, 0.3) is 0 Å². The van der Waals surface area contributed by atoms with Gasteiger partial charge in [0, 0.05) is 25.1 Å². The van der Waals surface area contributed by atoms with Gasteiger partial charge in [-0.3, -0.25) is 0 Å². The minimum atomic E-state index is -0.556. The van der Waals surface area contributed by atoms with Gasteiger partial charge >= 0.3 is 0 Å². The molecule has 1 saturated heterocycles. The van der Waals surface area contributed by atoms with Gasteiger partial charge in [-0.2, -0.15) is 0 Å². The zero-order valence-electron chi connectivity index (χ0n) is 11.8. The maximum Gasteiger partial charge on any atom is 0.145 e. The number of hydrogen-bond donors (Lipinski definition) is 3. The van der Waals surface area contributed by atoms with E-state index in [9.17, 15) is 5.11 Å². The molecule has 0 atom stereocenters. The fraction of sp³-hybridized carbons (Fsp3) is 0.692. The quantitative estimate of drug-likeness (QED) is 0.563. The normalized spacial score (nSPS) is 18.7. The Hall–Kier alpha value is -1.40. The third-order valence-electron chi connectivity index (χ3n) is 3.56. The van der Waals surface area contributed by atoms with Gasteiger partial charge in [-0.05, 0) is 19.8 Å². The van der Waals surface area contributed by atoms with Crippen molar-refractivity contribution in [2.45, 2.75) is 45.1 Å². The van der Waals surface area contributed by atoms with Crippen molar-refractivity contribution in [2.24, 2.45) is 5.84 Å². The SMILES string of the molecule is CC(C)c1nc(NN)cc(N2CCC(C)(O)CC2)n1. The molecular weight excluding hydrogens is 242 g/mol. The first-order valence-electron chi connectivity index (χ1n) is 6.74. The van der Waals surface area contributed by atoms with Crippen LogP contribution in [0, 0.1) is 0 Å². The van der Waals surface area contributed by atoms with Crippen LogP contribution in [0.5, 0.6) is 0 Å². The van der Waals surface area contributed by atoms with Crippen LogP contribution in [0.4, 0.5) is 11.6 Å². The number of aliphatic hydroxyl groups is 1. The highest BCUT2D eigenvalue weighted by Gasteiger charge is 2.28. The molecule has 19 heavy (non-hydrogen) atoms. The fourth-order valence-corrected chi connectivity index (χ4v) is 2.16. The van der Waals surface area contributed by atoms with Crippen LogP contribution in [-0.4, -0.2) is 33.8 Å². The standard InChI is InChI=1S/C13H23N5O/c1-9(2)12-15-10(17-14)8-11(16-12)18-6-4-13(3,19)5-7-18/h8-9,19H,4-7,14H2,1-3H3,(H,15,16,17). The Bertz CT molecular complexity index is 437. The lowest BCUT2D eigenvalue weighted by atomic mass is 9.94. The van der Waals surface area contributed by atoms with Gasteiger partial charge in [-0.25, -0.2) is 15.8 Å². The summed E-state index contributed by atoms with van der Waals surface area (Å²) in [6.45, 7) is 7.59. The van der Waals surface area contributed by atoms with Crippen molar-refractivity contribution in [3.63, 3.8) is 0 Å². The molecule has 0 saturated carbocycles. The molecule has 6 nitrogen and oxygen atoms in total. The second kappa shape index (κ2) is 5.30. The highest BCUT2D eigenvalue weighted by atomic mass is 16.3. The molecule has 6 heteroatoms. The molecule has 4 N–H and O–H groups in total. The molecular formula is C13H23N5O. The van der Waals surface area contributed by atoms with Crippen molar-refractivity contribution in [3.8, 4) is 0 Å². The van der Waals surface area contributed by atoms with E-state index in [0.29, 0.717) is 5.82 Å². The Morgan fingerprint density at radius 2 is 2.00 bits per heavy atom. The maximum absolute atomic E-state index is 9.99. The number of nitrogens with two attached hydrogens (primary N) is 1. The molecule has 0 aliphatic carbocycles. The third-order valence-corrected chi connectivity index (χ3v) is 3.56. The van der Waals surface area contributed by atoms with Crippen molar-refractivity contribution in [1.29, 1.82) is 0 Å². The first-order valence-corrected chi connectivity index (χ1v) is 6.74. The van der Waals surface area contributed by atoms with Gasteiger partial charge in [-0.1, -0.05) is 13.8 Å². The van der Waals surface area contributed by atoms with Crippen LogP contribution in [0.3, 0.4) is 0 Å². The topological polar surface area (TPSA) is 87.3 Å². The largest absolute Gasteiger partial charge is 0.390 e. The van der Waals surface area contributed by atoms with Crippen molar-refractivity contribution < 1.29 is 5.11 Å². The summed E-state index contributed by atoms with van der Waals surface area (Å²) in [5, 5.41) is 9.99. The number of nitrogen functional groups attached to an aromatic ring is 1. The number of aromatic nitrogens is 2. The maximum atomic E-state index is 9.99. The summed E-state index contributed by atoms with van der Waals surface area (Å²) < 4.78 is 0. The van der Waals surface area contributed by atoms with E-state index in [1.54, 1.807) is 0 Å². The number of rotatable bonds is 3. The summed E-state index contributed by atoms with van der Waals surface area (Å²) in [5.74, 6) is 8.00. The van der Waals surface area contributed by atoms with Crippen molar-refractivity contribution >= 4 is 11.6 Å². The number of piperidine rings is 1.